The van der Waals surface area contributed by atoms with Crippen LogP contribution in [0.15, 0.2) is 24.3 Å². The lowest BCUT2D eigenvalue weighted by atomic mass is 9.75. The van der Waals surface area contributed by atoms with Crippen LogP contribution in [-0.4, -0.2) is 30.9 Å². The normalized spacial score (nSPS) is 21.2. The number of hydrogen-bond donors (Lipinski definition) is 1. The number of rotatable bonds is 5. The Kier molecular flexibility index (Phi) is 4.91. The molecule has 9 heteroatoms. The lowest BCUT2D eigenvalue weighted by Crippen LogP contribution is -2.41. The van der Waals surface area contributed by atoms with Crippen LogP contribution in [0.2, 0.25) is 0 Å². The van der Waals surface area contributed by atoms with Crippen LogP contribution in [-0.2, 0) is 9.31 Å². The Bertz CT molecular complexity index is 565. The van der Waals surface area contributed by atoms with Gasteiger partial charge in [0.25, 0.3) is 0 Å². The average molecular weight is 349 g/mol. The van der Waals surface area contributed by atoms with Crippen LogP contribution in [0.25, 0.3) is 0 Å². The van der Waals surface area contributed by atoms with Crippen LogP contribution in [0.1, 0.15) is 39.2 Å². The molecule has 1 heterocycles. The third kappa shape index (κ3) is 3.68. The number of ether oxygens (including phenoxy) is 1. The third-order valence-corrected chi connectivity index (χ3v) is 4.34. The van der Waals surface area contributed by atoms with Crippen LogP contribution in [0.4, 0.5) is 17.6 Å². The van der Waals surface area contributed by atoms with Crippen LogP contribution in [0, 0.1) is 0 Å². The van der Waals surface area contributed by atoms with E-state index in [9.17, 15) is 17.6 Å². The summed E-state index contributed by atoms with van der Waals surface area (Å²) in [5, 5.41) is 0. The van der Waals surface area contributed by atoms with Gasteiger partial charge < -0.3 is 19.8 Å². The zero-order valence-electron chi connectivity index (χ0n) is 13.9. The van der Waals surface area contributed by atoms with Gasteiger partial charge in [0, 0.05) is 0 Å². The molecule has 0 saturated carbocycles. The van der Waals surface area contributed by atoms with Gasteiger partial charge in [-0.15, -0.1) is 0 Å². The van der Waals surface area contributed by atoms with Crippen LogP contribution < -0.4 is 10.5 Å². The molecule has 0 bridgehead atoms. The molecule has 1 fully saturated rings. The topological polar surface area (TPSA) is 53.7 Å². The fraction of sp³-hybridized carbons (Fsp3) is 0.600. The maximum atomic E-state index is 12.9. The standard InChI is InChI=1S/C15H20BF4NO3/c1-13(2)14(3,4)24-16(23-13)11(21)9-5-7-10(8-6-9)22-15(19,20)12(17)18/h5-8,11-12H,21H2,1-4H3/t11-/m0/s1. The molecule has 1 aliphatic rings. The molecule has 0 aromatic heterocycles. The van der Waals surface area contributed by atoms with E-state index in [4.69, 9.17) is 15.0 Å². The first-order valence-corrected chi connectivity index (χ1v) is 7.42. The number of nitrogens with two attached hydrogens (primary N) is 1. The van der Waals surface area contributed by atoms with E-state index < -0.39 is 36.8 Å². The molecule has 0 aliphatic carbocycles. The molecule has 24 heavy (non-hydrogen) atoms. The zero-order chi connectivity index (χ0) is 18.3. The van der Waals surface area contributed by atoms with E-state index in [1.165, 1.54) is 12.1 Å². The summed E-state index contributed by atoms with van der Waals surface area (Å²) in [6, 6.07) is 5.12. The molecule has 2 rings (SSSR count). The summed E-state index contributed by atoms with van der Waals surface area (Å²) >= 11 is 0. The molecule has 1 aromatic carbocycles. The maximum absolute atomic E-state index is 12.9. The molecule has 0 amide bonds. The second kappa shape index (κ2) is 6.20. The van der Waals surface area contributed by atoms with Crippen molar-refractivity contribution < 1.29 is 31.6 Å². The molecule has 1 aromatic rings. The fourth-order valence-electron chi connectivity index (χ4n) is 2.15. The number of hydrogen-bond acceptors (Lipinski definition) is 4. The Morgan fingerprint density at radius 2 is 1.50 bits per heavy atom. The van der Waals surface area contributed by atoms with Crippen LogP contribution in [0.5, 0.6) is 5.75 Å². The van der Waals surface area contributed by atoms with Crippen molar-refractivity contribution in [2.24, 2.45) is 5.73 Å². The molecule has 1 saturated heterocycles. The quantitative estimate of drug-likeness (QED) is 0.653. The minimum atomic E-state index is -4.55. The zero-order valence-corrected chi connectivity index (χ0v) is 13.9. The van der Waals surface area contributed by atoms with Crippen molar-refractivity contribution in [2.75, 3.05) is 0 Å². The van der Waals surface area contributed by atoms with E-state index >= 15 is 0 Å². The highest BCUT2D eigenvalue weighted by Crippen LogP contribution is 2.39. The third-order valence-electron chi connectivity index (χ3n) is 4.34. The monoisotopic (exact) mass is 349 g/mol. The first-order valence-electron chi connectivity index (χ1n) is 7.42. The molecule has 1 atom stereocenters. The fourth-order valence-corrected chi connectivity index (χ4v) is 2.15. The smallest absolute Gasteiger partial charge is 0.428 e. The minimum absolute atomic E-state index is 0.384. The second-order valence-corrected chi connectivity index (χ2v) is 6.68. The minimum Gasteiger partial charge on any atom is -0.428 e. The summed E-state index contributed by atoms with van der Waals surface area (Å²) in [6.07, 6.45) is -8.46. The van der Waals surface area contributed by atoms with E-state index in [2.05, 4.69) is 4.74 Å². The predicted molar refractivity (Wildman–Crippen MR) is 81.0 cm³/mol. The highest BCUT2D eigenvalue weighted by Gasteiger charge is 2.53. The van der Waals surface area contributed by atoms with E-state index in [0.29, 0.717) is 5.56 Å². The lowest BCUT2D eigenvalue weighted by molar-refractivity contribution is -0.253. The molecular formula is C15H20BF4NO3. The molecule has 2 N–H and O–H groups in total. The van der Waals surface area contributed by atoms with Crippen molar-refractivity contribution in [1.29, 1.82) is 0 Å². The number of benzene rings is 1. The highest BCUT2D eigenvalue weighted by atomic mass is 19.3. The van der Waals surface area contributed by atoms with Crippen molar-refractivity contribution in [2.45, 2.75) is 57.4 Å². The summed E-state index contributed by atoms with van der Waals surface area (Å²) in [7, 11) is -0.718. The van der Waals surface area contributed by atoms with Gasteiger partial charge in [0.05, 0.1) is 17.1 Å². The molecule has 134 valence electrons. The summed E-state index contributed by atoms with van der Waals surface area (Å²) in [5.74, 6) is -1.05. The molecule has 0 unspecified atom stereocenters. The first-order chi connectivity index (χ1) is 10.9. The largest absolute Gasteiger partial charge is 0.480 e. The molecular weight excluding hydrogens is 329 g/mol. The summed E-state index contributed by atoms with van der Waals surface area (Å²) in [6.45, 7) is 7.51. The second-order valence-electron chi connectivity index (χ2n) is 6.68. The Morgan fingerprint density at radius 1 is 1.04 bits per heavy atom. The van der Waals surface area contributed by atoms with Crippen molar-refractivity contribution in [1.82, 2.24) is 0 Å². The predicted octanol–water partition coefficient (Wildman–Crippen LogP) is 3.55. The molecule has 0 spiro atoms. The van der Waals surface area contributed by atoms with Gasteiger partial charge in [0.2, 0.25) is 0 Å². The average Bonchev–Trinajstić information content (AvgIpc) is 2.67. The van der Waals surface area contributed by atoms with E-state index in [1.807, 2.05) is 27.7 Å². The summed E-state index contributed by atoms with van der Waals surface area (Å²) in [4.78, 5) is 0. The van der Waals surface area contributed by atoms with Crippen molar-refractivity contribution in [3.63, 3.8) is 0 Å². The Morgan fingerprint density at radius 3 is 1.92 bits per heavy atom. The molecule has 0 radical (unpaired) electrons. The van der Waals surface area contributed by atoms with Gasteiger partial charge in [-0.05, 0) is 45.4 Å². The Labute approximate surface area is 138 Å². The summed E-state index contributed by atoms with van der Waals surface area (Å²) < 4.78 is 65.6. The van der Waals surface area contributed by atoms with Gasteiger partial charge in [0.1, 0.15) is 5.75 Å². The molecule has 1 aliphatic heterocycles. The van der Waals surface area contributed by atoms with Gasteiger partial charge in [-0.3, -0.25) is 0 Å². The number of alkyl halides is 4. The van der Waals surface area contributed by atoms with E-state index in [0.717, 1.165) is 12.1 Å². The SMILES string of the molecule is CC1(C)OB([C@@H](N)c2ccc(OC(F)(F)C(F)F)cc2)OC1(C)C. The number of halogens is 4. The van der Waals surface area contributed by atoms with Crippen LogP contribution >= 0.6 is 0 Å². The highest BCUT2D eigenvalue weighted by molar-refractivity contribution is 6.47. The van der Waals surface area contributed by atoms with Gasteiger partial charge in [0.15, 0.2) is 0 Å². The Balaban J connectivity index is 2.09. The Hall–Kier alpha value is -1.32. The van der Waals surface area contributed by atoms with Gasteiger partial charge in [-0.1, -0.05) is 12.1 Å². The van der Waals surface area contributed by atoms with E-state index in [1.54, 1.807) is 0 Å². The van der Waals surface area contributed by atoms with Crippen molar-refractivity contribution in [3.8, 4) is 5.75 Å². The van der Waals surface area contributed by atoms with E-state index in [-0.39, 0.29) is 5.75 Å². The van der Waals surface area contributed by atoms with Gasteiger partial charge >= 0.3 is 19.7 Å². The lowest BCUT2D eigenvalue weighted by Gasteiger charge is -2.32. The van der Waals surface area contributed by atoms with Gasteiger partial charge in [-0.25, -0.2) is 0 Å². The maximum Gasteiger partial charge on any atom is 0.480 e. The van der Waals surface area contributed by atoms with Gasteiger partial charge in [-0.2, -0.15) is 17.6 Å². The first kappa shape index (κ1) is 19.0. The van der Waals surface area contributed by atoms with Crippen molar-refractivity contribution in [3.05, 3.63) is 29.8 Å². The summed E-state index contributed by atoms with van der Waals surface area (Å²) in [5.41, 5.74) is 5.54. The molecule has 4 nitrogen and oxygen atoms in total. The van der Waals surface area contributed by atoms with Crippen LogP contribution in [0.3, 0.4) is 0 Å². The van der Waals surface area contributed by atoms with Crippen molar-refractivity contribution >= 4 is 7.12 Å².